The first-order valence-corrected chi connectivity index (χ1v) is 8.75. The number of aliphatic hydroxyl groups excluding tert-OH is 2. The third-order valence-electron chi connectivity index (χ3n) is 3.81. The summed E-state index contributed by atoms with van der Waals surface area (Å²) in [5, 5.41) is 25.9. The summed E-state index contributed by atoms with van der Waals surface area (Å²) < 4.78 is 22.1. The van der Waals surface area contributed by atoms with Gasteiger partial charge >= 0.3 is 0 Å². The smallest absolute Gasteiger partial charge is 0.0701 e. The third-order valence-corrected chi connectivity index (χ3v) is 3.81. The zero-order valence-corrected chi connectivity index (χ0v) is 14.9. The molecule has 8 heteroatoms. The maximum absolute atomic E-state index is 9.74. The molecule has 0 radical (unpaired) electrons. The molecule has 4 N–H and O–H groups in total. The number of rotatable bonds is 2. The summed E-state index contributed by atoms with van der Waals surface area (Å²) in [6, 6.07) is -0.255. The molecule has 1 aliphatic rings. The van der Waals surface area contributed by atoms with E-state index in [1.165, 1.54) is 0 Å². The molecule has 0 amide bonds. The summed E-state index contributed by atoms with van der Waals surface area (Å²) in [6.45, 7) is 8.60. The van der Waals surface area contributed by atoms with Gasteiger partial charge in [-0.25, -0.2) is 0 Å². The van der Waals surface area contributed by atoms with E-state index in [4.69, 9.17) is 18.9 Å². The predicted octanol–water partition coefficient (Wildman–Crippen LogP) is -1.26. The highest BCUT2D eigenvalue weighted by molar-refractivity contribution is 4.73. The first kappa shape index (κ1) is 21.7. The van der Waals surface area contributed by atoms with Gasteiger partial charge < -0.3 is 39.8 Å². The highest BCUT2D eigenvalue weighted by Gasteiger charge is 2.15. The van der Waals surface area contributed by atoms with E-state index in [2.05, 4.69) is 10.6 Å². The van der Waals surface area contributed by atoms with Crippen LogP contribution in [0.25, 0.3) is 0 Å². The molecule has 0 aromatic rings. The van der Waals surface area contributed by atoms with Crippen molar-refractivity contribution in [3.05, 3.63) is 0 Å². The lowest BCUT2D eigenvalue weighted by molar-refractivity contribution is 0.00167. The second-order valence-electron chi connectivity index (χ2n) is 5.98. The van der Waals surface area contributed by atoms with Crippen LogP contribution in [0, 0.1) is 0 Å². The average molecular weight is 350 g/mol. The van der Waals surface area contributed by atoms with Crippen molar-refractivity contribution in [1.82, 2.24) is 10.6 Å². The SMILES string of the molecule is C[C@@H](O)[C@H]1COCCOCCN[C@@H]([C@@H](C)O)COCCOCCN1. The van der Waals surface area contributed by atoms with Gasteiger partial charge in [-0.1, -0.05) is 0 Å². The minimum Gasteiger partial charge on any atom is -0.392 e. The van der Waals surface area contributed by atoms with Gasteiger partial charge in [0.1, 0.15) is 0 Å². The van der Waals surface area contributed by atoms with Crippen LogP contribution in [-0.2, 0) is 18.9 Å². The van der Waals surface area contributed by atoms with Crippen molar-refractivity contribution >= 4 is 0 Å². The van der Waals surface area contributed by atoms with Gasteiger partial charge in [-0.15, -0.1) is 0 Å². The van der Waals surface area contributed by atoms with Crippen LogP contribution >= 0.6 is 0 Å². The molecule has 1 heterocycles. The van der Waals surface area contributed by atoms with E-state index in [-0.39, 0.29) is 12.1 Å². The van der Waals surface area contributed by atoms with Crippen LogP contribution in [0.1, 0.15) is 13.8 Å². The summed E-state index contributed by atoms with van der Waals surface area (Å²) >= 11 is 0. The number of ether oxygens (including phenoxy) is 4. The Morgan fingerprint density at radius 2 is 1.04 bits per heavy atom. The van der Waals surface area contributed by atoms with E-state index < -0.39 is 12.2 Å². The maximum atomic E-state index is 9.74. The zero-order valence-electron chi connectivity index (χ0n) is 14.9. The molecule has 144 valence electrons. The largest absolute Gasteiger partial charge is 0.392 e. The highest BCUT2D eigenvalue weighted by atomic mass is 16.5. The van der Waals surface area contributed by atoms with Gasteiger partial charge in [0, 0.05) is 13.1 Å². The molecular formula is C16H34N2O6. The van der Waals surface area contributed by atoms with Crippen LogP contribution in [0.4, 0.5) is 0 Å². The van der Waals surface area contributed by atoms with Crippen LogP contribution < -0.4 is 10.6 Å². The molecule has 1 rings (SSSR count). The summed E-state index contributed by atoms with van der Waals surface area (Å²) in [5.41, 5.74) is 0. The summed E-state index contributed by atoms with van der Waals surface area (Å²) in [5.74, 6) is 0. The molecule has 0 aromatic carbocycles. The number of nitrogens with one attached hydrogen (secondary N) is 2. The number of hydrogen-bond acceptors (Lipinski definition) is 8. The Labute approximate surface area is 144 Å². The van der Waals surface area contributed by atoms with Crippen LogP contribution in [0.3, 0.4) is 0 Å². The molecule has 4 atom stereocenters. The molecule has 1 aliphatic heterocycles. The quantitative estimate of drug-likeness (QED) is 0.490. The summed E-state index contributed by atoms with van der Waals surface area (Å²) in [6.07, 6.45) is -0.997. The minimum absolute atomic E-state index is 0.128. The van der Waals surface area contributed by atoms with Gasteiger partial charge in [0.15, 0.2) is 0 Å². The van der Waals surface area contributed by atoms with Crippen molar-refractivity contribution in [2.24, 2.45) is 0 Å². The normalized spacial score (nSPS) is 30.0. The van der Waals surface area contributed by atoms with Gasteiger partial charge in [0.25, 0.3) is 0 Å². The Balaban J connectivity index is 2.35. The topological polar surface area (TPSA) is 101 Å². The molecule has 0 aromatic heterocycles. The van der Waals surface area contributed by atoms with Crippen molar-refractivity contribution in [3.63, 3.8) is 0 Å². The fourth-order valence-corrected chi connectivity index (χ4v) is 2.23. The monoisotopic (exact) mass is 350 g/mol. The number of hydrogen-bond donors (Lipinski definition) is 4. The standard InChI is InChI=1S/C16H34N2O6/c1-13(19)15-11-23-9-7-22-6-4-18-16(14(2)20)12-24-10-8-21-5-3-17-15/h13-20H,3-12H2,1-2H3/t13-,14-,15-,16-/m1/s1. The van der Waals surface area contributed by atoms with Gasteiger partial charge in [-0.3, -0.25) is 0 Å². The Morgan fingerprint density at radius 1 is 0.667 bits per heavy atom. The van der Waals surface area contributed by atoms with Crippen LogP contribution in [-0.4, -0.2) is 100 Å². The Kier molecular flexibility index (Phi) is 12.6. The maximum Gasteiger partial charge on any atom is 0.0701 e. The van der Waals surface area contributed by atoms with E-state index in [0.717, 1.165) is 0 Å². The van der Waals surface area contributed by atoms with Crippen LogP contribution in [0.2, 0.25) is 0 Å². The molecule has 24 heavy (non-hydrogen) atoms. The number of aliphatic hydroxyl groups is 2. The molecule has 8 nitrogen and oxygen atoms in total. The lowest BCUT2D eigenvalue weighted by Crippen LogP contribution is -2.44. The first-order valence-electron chi connectivity index (χ1n) is 8.75. The second kappa shape index (κ2) is 13.9. The predicted molar refractivity (Wildman–Crippen MR) is 90.2 cm³/mol. The molecule has 0 bridgehead atoms. The van der Waals surface area contributed by atoms with Crippen molar-refractivity contribution in [3.8, 4) is 0 Å². The van der Waals surface area contributed by atoms with Crippen molar-refractivity contribution in [2.75, 3.05) is 65.9 Å². The lowest BCUT2D eigenvalue weighted by atomic mass is 10.2. The fraction of sp³-hybridized carbons (Fsp3) is 1.00. The third kappa shape index (κ3) is 10.5. The average Bonchev–Trinajstić information content (AvgIpc) is 2.54. The lowest BCUT2D eigenvalue weighted by Gasteiger charge is -2.23. The minimum atomic E-state index is -0.499. The van der Waals surface area contributed by atoms with E-state index in [1.54, 1.807) is 13.8 Å². The molecule has 1 fully saturated rings. The van der Waals surface area contributed by atoms with Gasteiger partial charge in [-0.05, 0) is 13.8 Å². The molecule has 1 saturated heterocycles. The summed E-state index contributed by atoms with van der Waals surface area (Å²) in [4.78, 5) is 0. The van der Waals surface area contributed by atoms with E-state index >= 15 is 0 Å². The van der Waals surface area contributed by atoms with Crippen LogP contribution in [0.5, 0.6) is 0 Å². The zero-order chi connectivity index (χ0) is 17.6. The Bertz CT molecular complexity index is 246. The van der Waals surface area contributed by atoms with E-state index in [0.29, 0.717) is 65.9 Å². The second-order valence-corrected chi connectivity index (χ2v) is 5.98. The summed E-state index contributed by atoms with van der Waals surface area (Å²) in [7, 11) is 0. The van der Waals surface area contributed by atoms with E-state index in [9.17, 15) is 10.2 Å². The first-order chi connectivity index (χ1) is 11.6. The highest BCUT2D eigenvalue weighted by Crippen LogP contribution is 1.96. The molecule has 0 aliphatic carbocycles. The molecule has 0 spiro atoms. The molecule has 0 saturated carbocycles. The molecule has 0 unspecified atom stereocenters. The Morgan fingerprint density at radius 3 is 1.42 bits per heavy atom. The van der Waals surface area contributed by atoms with Crippen molar-refractivity contribution < 1.29 is 29.2 Å². The van der Waals surface area contributed by atoms with Crippen molar-refractivity contribution in [1.29, 1.82) is 0 Å². The van der Waals surface area contributed by atoms with E-state index in [1.807, 2.05) is 0 Å². The van der Waals surface area contributed by atoms with Gasteiger partial charge in [-0.2, -0.15) is 0 Å². The Hall–Kier alpha value is -0.320. The fourth-order valence-electron chi connectivity index (χ4n) is 2.23. The van der Waals surface area contributed by atoms with Crippen molar-refractivity contribution in [2.45, 2.75) is 38.1 Å². The van der Waals surface area contributed by atoms with Gasteiger partial charge in [0.05, 0.1) is 77.1 Å². The van der Waals surface area contributed by atoms with Gasteiger partial charge in [0.2, 0.25) is 0 Å². The molecular weight excluding hydrogens is 316 g/mol. The van der Waals surface area contributed by atoms with Crippen LogP contribution in [0.15, 0.2) is 0 Å².